The number of alkyl halides is 1. The lowest BCUT2D eigenvalue weighted by Crippen LogP contribution is -2.51. The first kappa shape index (κ1) is 14.3. The molecule has 0 bridgehead atoms. The van der Waals surface area contributed by atoms with Gasteiger partial charge in [0.25, 0.3) is 0 Å². The van der Waals surface area contributed by atoms with Crippen molar-refractivity contribution in [1.82, 2.24) is 4.90 Å². The predicted molar refractivity (Wildman–Crippen MR) is 71.9 cm³/mol. The normalized spacial score (nSPS) is 19.9. The summed E-state index contributed by atoms with van der Waals surface area (Å²) in [6, 6.07) is 6.81. The molecule has 0 aromatic heterocycles. The SMILES string of the molecule is NC(=O)c1cccc(CC(O)(Cl)N2CCOCC2)c1. The van der Waals surface area contributed by atoms with Gasteiger partial charge in [-0.1, -0.05) is 23.7 Å². The minimum absolute atomic E-state index is 0.218. The number of aliphatic hydroxyl groups is 1. The van der Waals surface area contributed by atoms with Crippen molar-refractivity contribution in [3.8, 4) is 0 Å². The number of halogens is 1. The second-order valence-corrected chi connectivity index (χ2v) is 5.17. The monoisotopic (exact) mass is 284 g/mol. The van der Waals surface area contributed by atoms with Gasteiger partial charge in [0.15, 0.2) is 5.18 Å². The first-order valence-corrected chi connectivity index (χ1v) is 6.50. The van der Waals surface area contributed by atoms with Crippen molar-refractivity contribution in [3.05, 3.63) is 35.4 Å². The van der Waals surface area contributed by atoms with E-state index in [0.29, 0.717) is 31.9 Å². The van der Waals surface area contributed by atoms with E-state index in [-0.39, 0.29) is 6.42 Å². The molecule has 1 atom stereocenters. The van der Waals surface area contributed by atoms with Crippen molar-refractivity contribution in [3.63, 3.8) is 0 Å². The fourth-order valence-corrected chi connectivity index (χ4v) is 2.44. The number of hydrogen-bond donors (Lipinski definition) is 2. The summed E-state index contributed by atoms with van der Waals surface area (Å²) in [6.07, 6.45) is 0.218. The number of morpholine rings is 1. The van der Waals surface area contributed by atoms with Crippen LogP contribution in [0.25, 0.3) is 0 Å². The first-order valence-electron chi connectivity index (χ1n) is 6.12. The molecular weight excluding hydrogens is 268 g/mol. The van der Waals surface area contributed by atoms with Crippen LogP contribution in [0.2, 0.25) is 0 Å². The molecule has 1 aromatic carbocycles. The number of ether oxygens (including phenoxy) is 1. The van der Waals surface area contributed by atoms with Crippen LogP contribution in [0.1, 0.15) is 15.9 Å². The molecular formula is C13H17ClN2O3. The molecule has 1 aliphatic heterocycles. The van der Waals surface area contributed by atoms with Gasteiger partial charge < -0.3 is 15.6 Å². The molecule has 1 fully saturated rings. The quantitative estimate of drug-likeness (QED) is 0.625. The average molecular weight is 285 g/mol. The molecule has 5 nitrogen and oxygen atoms in total. The third-order valence-electron chi connectivity index (χ3n) is 3.14. The van der Waals surface area contributed by atoms with Gasteiger partial charge in [0.05, 0.1) is 13.2 Å². The largest absolute Gasteiger partial charge is 0.379 e. The minimum atomic E-state index is -1.47. The summed E-state index contributed by atoms with van der Waals surface area (Å²) in [5, 5.41) is 8.87. The fraction of sp³-hybridized carbons (Fsp3) is 0.462. The molecule has 0 aliphatic carbocycles. The Morgan fingerprint density at radius 2 is 2.16 bits per heavy atom. The second-order valence-electron chi connectivity index (χ2n) is 4.56. The number of carbonyl (C=O) groups excluding carboxylic acids is 1. The van der Waals surface area contributed by atoms with Crippen LogP contribution in [-0.4, -0.2) is 47.4 Å². The number of primary amides is 1. The molecule has 1 amide bonds. The van der Waals surface area contributed by atoms with Gasteiger partial charge in [-0.25, -0.2) is 0 Å². The Balaban J connectivity index is 2.10. The van der Waals surface area contributed by atoms with E-state index < -0.39 is 11.1 Å². The standard InChI is InChI=1S/C13H17ClN2O3/c14-13(18,16-4-6-19-7-5-16)9-10-2-1-3-11(8-10)12(15)17/h1-3,8,18H,4-7,9H2,(H2,15,17). The maximum Gasteiger partial charge on any atom is 0.248 e. The zero-order chi connectivity index (χ0) is 13.9. The molecule has 1 aromatic rings. The number of benzene rings is 1. The summed E-state index contributed by atoms with van der Waals surface area (Å²) >= 11 is 6.19. The number of rotatable bonds is 4. The van der Waals surface area contributed by atoms with Crippen LogP contribution in [-0.2, 0) is 11.2 Å². The van der Waals surface area contributed by atoms with Crippen LogP contribution in [0.15, 0.2) is 24.3 Å². The molecule has 1 saturated heterocycles. The van der Waals surface area contributed by atoms with Gasteiger partial charge in [-0.05, 0) is 17.7 Å². The molecule has 0 radical (unpaired) electrons. The molecule has 0 saturated carbocycles. The molecule has 1 unspecified atom stereocenters. The van der Waals surface area contributed by atoms with E-state index in [9.17, 15) is 9.90 Å². The lowest BCUT2D eigenvalue weighted by molar-refractivity contribution is -0.0852. The molecule has 6 heteroatoms. The summed E-state index contributed by atoms with van der Waals surface area (Å²) in [4.78, 5) is 12.9. The molecule has 104 valence electrons. The van der Waals surface area contributed by atoms with E-state index in [1.165, 1.54) is 0 Å². The van der Waals surface area contributed by atoms with Gasteiger partial charge in [-0.15, -0.1) is 0 Å². The number of hydrogen-bond acceptors (Lipinski definition) is 4. The van der Waals surface area contributed by atoms with Crippen molar-refractivity contribution in [2.75, 3.05) is 26.3 Å². The van der Waals surface area contributed by atoms with Crippen LogP contribution >= 0.6 is 11.6 Å². The number of carbonyl (C=O) groups is 1. The summed E-state index contributed by atoms with van der Waals surface area (Å²) in [5.41, 5.74) is 6.40. The maximum absolute atomic E-state index is 11.1. The maximum atomic E-state index is 11.1. The number of nitrogens with zero attached hydrogens (tertiary/aromatic N) is 1. The van der Waals surface area contributed by atoms with E-state index in [1.807, 2.05) is 0 Å². The van der Waals surface area contributed by atoms with E-state index in [1.54, 1.807) is 29.2 Å². The molecule has 3 N–H and O–H groups in total. The van der Waals surface area contributed by atoms with Gasteiger partial charge in [-0.2, -0.15) is 0 Å². The van der Waals surface area contributed by atoms with Gasteiger partial charge in [0.1, 0.15) is 0 Å². The zero-order valence-corrected chi connectivity index (χ0v) is 11.3. The second kappa shape index (κ2) is 5.88. The molecule has 1 aliphatic rings. The first-order chi connectivity index (χ1) is 8.99. The molecule has 0 spiro atoms. The smallest absolute Gasteiger partial charge is 0.248 e. The van der Waals surface area contributed by atoms with E-state index in [4.69, 9.17) is 22.1 Å². The summed E-state index contributed by atoms with van der Waals surface area (Å²) in [7, 11) is 0. The highest BCUT2D eigenvalue weighted by molar-refractivity contribution is 6.22. The lowest BCUT2D eigenvalue weighted by Gasteiger charge is -2.37. The van der Waals surface area contributed by atoms with Crippen molar-refractivity contribution in [2.45, 2.75) is 11.6 Å². The number of nitrogens with two attached hydrogens (primary N) is 1. The molecule has 2 rings (SSSR count). The van der Waals surface area contributed by atoms with Crippen LogP contribution < -0.4 is 5.73 Å². The highest BCUT2D eigenvalue weighted by Gasteiger charge is 2.33. The van der Waals surface area contributed by atoms with Gasteiger partial charge in [0.2, 0.25) is 5.91 Å². The van der Waals surface area contributed by atoms with Crippen LogP contribution in [0, 0.1) is 0 Å². The summed E-state index contributed by atoms with van der Waals surface area (Å²) in [6.45, 7) is 2.26. The Labute approximate surface area is 116 Å². The molecule has 1 heterocycles. The Morgan fingerprint density at radius 3 is 2.79 bits per heavy atom. The Hall–Kier alpha value is -1.14. The Kier molecular flexibility index (Phi) is 4.42. The van der Waals surface area contributed by atoms with Crippen LogP contribution in [0.5, 0.6) is 0 Å². The fourth-order valence-electron chi connectivity index (χ4n) is 2.11. The van der Waals surface area contributed by atoms with Crippen LogP contribution in [0.4, 0.5) is 0 Å². The van der Waals surface area contributed by atoms with Crippen LogP contribution in [0.3, 0.4) is 0 Å². The highest BCUT2D eigenvalue weighted by atomic mass is 35.5. The highest BCUT2D eigenvalue weighted by Crippen LogP contribution is 2.24. The third-order valence-corrected chi connectivity index (χ3v) is 3.51. The molecule has 19 heavy (non-hydrogen) atoms. The van der Waals surface area contributed by atoms with E-state index >= 15 is 0 Å². The number of amides is 1. The topological polar surface area (TPSA) is 75.8 Å². The van der Waals surface area contributed by atoms with Crippen molar-refractivity contribution < 1.29 is 14.6 Å². The van der Waals surface area contributed by atoms with Crippen molar-refractivity contribution in [2.24, 2.45) is 5.73 Å². The minimum Gasteiger partial charge on any atom is -0.379 e. The zero-order valence-electron chi connectivity index (χ0n) is 10.5. The van der Waals surface area contributed by atoms with E-state index in [2.05, 4.69) is 0 Å². The third kappa shape index (κ3) is 3.67. The lowest BCUT2D eigenvalue weighted by atomic mass is 10.1. The van der Waals surface area contributed by atoms with Crippen molar-refractivity contribution in [1.29, 1.82) is 0 Å². The van der Waals surface area contributed by atoms with Gasteiger partial charge in [0, 0.05) is 25.1 Å². The average Bonchev–Trinajstić information content (AvgIpc) is 2.39. The summed E-state index contributed by atoms with van der Waals surface area (Å²) < 4.78 is 5.22. The Morgan fingerprint density at radius 1 is 1.47 bits per heavy atom. The van der Waals surface area contributed by atoms with Gasteiger partial charge in [-0.3, -0.25) is 9.69 Å². The van der Waals surface area contributed by atoms with Gasteiger partial charge >= 0.3 is 0 Å². The van der Waals surface area contributed by atoms with Crippen molar-refractivity contribution >= 4 is 17.5 Å². The van der Waals surface area contributed by atoms with E-state index in [0.717, 1.165) is 5.56 Å². The summed E-state index contributed by atoms with van der Waals surface area (Å²) in [5.74, 6) is -0.494. The predicted octanol–water partition coefficient (Wildman–Crippen LogP) is 0.545. The Bertz CT molecular complexity index is 459.